The number of esters is 1. The molecule has 1 fully saturated rings. The van der Waals surface area contributed by atoms with Crippen LogP contribution in [-0.4, -0.2) is 59.2 Å². The monoisotopic (exact) mass is 845 g/mol. The van der Waals surface area contributed by atoms with E-state index in [0.717, 1.165) is 27.1 Å². The number of hydrogen-bond donors (Lipinski definition) is 1. The molecule has 314 valence electrons. The molecule has 2 aromatic heterocycles. The van der Waals surface area contributed by atoms with Gasteiger partial charge in [-0.05, 0) is 44.2 Å². The summed E-state index contributed by atoms with van der Waals surface area (Å²) >= 11 is 0. The predicted molar refractivity (Wildman–Crippen MR) is 240 cm³/mol. The molecule has 0 amide bonds. The molecule has 0 unspecified atom stereocenters. The molecule has 10 nitrogen and oxygen atoms in total. The number of nitrogens with one attached hydrogen (secondary N) is 1. The van der Waals surface area contributed by atoms with Crippen LogP contribution in [0.25, 0.3) is 11.2 Å². The van der Waals surface area contributed by atoms with Crippen LogP contribution in [0.3, 0.4) is 0 Å². The molecule has 0 aliphatic carbocycles. The number of fused-ring (bicyclic) bond motifs is 1. The zero-order valence-electron chi connectivity index (χ0n) is 35.3. The Kier molecular flexibility index (Phi) is 11.5. The van der Waals surface area contributed by atoms with Crippen LogP contribution in [0.15, 0.2) is 152 Å². The van der Waals surface area contributed by atoms with Crippen molar-refractivity contribution in [1.82, 2.24) is 19.5 Å². The van der Waals surface area contributed by atoms with Gasteiger partial charge in [-0.1, -0.05) is 160 Å². The first kappa shape index (κ1) is 42.1. The number of hydrogen-bond acceptors (Lipinski definition) is 9. The third-order valence-corrected chi connectivity index (χ3v) is 16.7. The fourth-order valence-corrected chi connectivity index (χ4v) is 13.4. The molecule has 12 heteroatoms. The van der Waals surface area contributed by atoms with Gasteiger partial charge in [0.1, 0.15) is 23.6 Å². The summed E-state index contributed by atoms with van der Waals surface area (Å²) in [7, 11) is -1.51. The summed E-state index contributed by atoms with van der Waals surface area (Å²) in [6.07, 6.45) is 5.24. The van der Waals surface area contributed by atoms with Gasteiger partial charge in [0.2, 0.25) is 0 Å². The fourth-order valence-electron chi connectivity index (χ4n) is 8.83. The number of methoxy groups -OCH3 is 1. The van der Waals surface area contributed by atoms with E-state index in [1.165, 1.54) is 13.3 Å². The highest BCUT2D eigenvalue weighted by Gasteiger charge is 2.56. The molecule has 7 aromatic rings. The van der Waals surface area contributed by atoms with E-state index in [2.05, 4.69) is 66.2 Å². The normalized spacial score (nSPS) is 18.0. The van der Waals surface area contributed by atoms with E-state index in [1.807, 2.05) is 121 Å². The van der Waals surface area contributed by atoms with Crippen molar-refractivity contribution in [3.8, 4) is 18.1 Å². The summed E-state index contributed by atoms with van der Waals surface area (Å²) in [5.41, 5.74) is 0.370. The minimum Gasteiger partial charge on any atom is -0.497 e. The van der Waals surface area contributed by atoms with Gasteiger partial charge in [-0.3, -0.25) is 9.36 Å². The fraction of sp³-hybridized carbons (Fsp3) is 0.240. The maximum atomic E-state index is 16.0. The maximum absolute atomic E-state index is 16.0. The molecule has 3 atom stereocenters. The molecule has 1 aliphatic rings. The third-order valence-electron chi connectivity index (χ3n) is 11.7. The second kappa shape index (κ2) is 17.0. The number of nitrogens with zero attached hydrogens (tertiary/aromatic N) is 4. The van der Waals surface area contributed by atoms with E-state index in [4.69, 9.17) is 30.0 Å². The average molecular weight is 846 g/mol. The number of aromatic nitrogens is 4. The van der Waals surface area contributed by atoms with Gasteiger partial charge >= 0.3 is 12.0 Å². The van der Waals surface area contributed by atoms with Crippen LogP contribution >= 0.6 is 0 Å². The zero-order valence-corrected chi connectivity index (χ0v) is 36.3. The molecule has 8 rings (SSSR count). The number of halogens is 1. The van der Waals surface area contributed by atoms with Crippen molar-refractivity contribution < 1.29 is 27.8 Å². The molecule has 0 bridgehead atoms. The number of benzene rings is 5. The number of anilines is 1. The molecule has 1 aliphatic heterocycles. The quantitative estimate of drug-likeness (QED) is 0.0404. The lowest BCUT2D eigenvalue weighted by Crippen LogP contribution is -2.68. The van der Waals surface area contributed by atoms with E-state index < -0.39 is 43.8 Å². The van der Waals surface area contributed by atoms with Crippen molar-refractivity contribution in [2.75, 3.05) is 19.0 Å². The van der Waals surface area contributed by atoms with Gasteiger partial charge in [0, 0.05) is 13.3 Å². The van der Waals surface area contributed by atoms with Crippen molar-refractivity contribution in [2.45, 2.75) is 62.6 Å². The lowest BCUT2D eigenvalue weighted by molar-refractivity contribution is -0.155. The van der Waals surface area contributed by atoms with Crippen molar-refractivity contribution in [3.05, 3.63) is 175 Å². The first-order valence-electron chi connectivity index (χ1n) is 20.5. The van der Waals surface area contributed by atoms with E-state index in [0.29, 0.717) is 5.75 Å². The van der Waals surface area contributed by atoms with Crippen LogP contribution in [0.2, 0.25) is 5.04 Å². The second-order valence-electron chi connectivity index (χ2n) is 16.4. The largest absolute Gasteiger partial charge is 0.497 e. The zero-order chi connectivity index (χ0) is 43.5. The average Bonchev–Trinajstić information content (AvgIpc) is 3.88. The van der Waals surface area contributed by atoms with Gasteiger partial charge in [0.05, 0.1) is 20.0 Å². The molecule has 0 spiro atoms. The van der Waals surface area contributed by atoms with Gasteiger partial charge in [-0.15, -0.1) is 6.42 Å². The summed E-state index contributed by atoms with van der Waals surface area (Å²) in [5.74, 6) is 3.14. The first-order valence-corrected chi connectivity index (χ1v) is 22.4. The van der Waals surface area contributed by atoms with E-state index in [9.17, 15) is 4.79 Å². The molecular weight excluding hydrogens is 798 g/mol. The first-order chi connectivity index (χ1) is 29.9. The Morgan fingerprint density at radius 2 is 1.39 bits per heavy atom. The minimum atomic E-state index is -3.13. The Balaban J connectivity index is 1.22. The van der Waals surface area contributed by atoms with E-state index in [-0.39, 0.29) is 35.0 Å². The lowest BCUT2D eigenvalue weighted by Gasteiger charge is -2.44. The van der Waals surface area contributed by atoms with Crippen LogP contribution in [0, 0.1) is 18.4 Å². The van der Waals surface area contributed by atoms with Crippen molar-refractivity contribution in [3.63, 3.8) is 0 Å². The van der Waals surface area contributed by atoms with Crippen LogP contribution < -0.4 is 20.4 Å². The highest BCUT2D eigenvalue weighted by molar-refractivity contribution is 6.99. The SMILES string of the molecule is C#C[C@]1(CO[Si](c2ccccc2)(c2ccccc2)C(C)(C)C)O[C@@H](n2cnc3c(NC(c4ccccc4)(c4ccccc4)c4ccc(OC)cc4)nc(F)nc32)C[C@@H]1OC(C)=O. The number of imidazole rings is 1. The molecule has 3 heterocycles. The summed E-state index contributed by atoms with van der Waals surface area (Å²) in [5, 5.41) is 5.37. The van der Waals surface area contributed by atoms with Gasteiger partial charge < -0.3 is 24.0 Å². The lowest BCUT2D eigenvalue weighted by atomic mass is 9.77. The van der Waals surface area contributed by atoms with Crippen LogP contribution in [0.5, 0.6) is 5.75 Å². The Labute approximate surface area is 362 Å². The van der Waals surface area contributed by atoms with Crippen molar-refractivity contribution >= 4 is 41.6 Å². The third kappa shape index (κ3) is 7.53. The minimum absolute atomic E-state index is 0.105. The molecule has 0 radical (unpaired) electrons. The summed E-state index contributed by atoms with van der Waals surface area (Å²) in [6.45, 7) is 7.73. The number of terminal acetylenes is 1. The van der Waals surface area contributed by atoms with Crippen LogP contribution in [-0.2, 0) is 24.2 Å². The molecular formula is C50H48FN5O5Si. The Bertz CT molecular complexity index is 2610. The molecule has 5 aromatic carbocycles. The van der Waals surface area contributed by atoms with Gasteiger partial charge in [-0.25, -0.2) is 4.98 Å². The molecule has 1 saturated heterocycles. The Morgan fingerprint density at radius 1 is 0.855 bits per heavy atom. The molecule has 62 heavy (non-hydrogen) atoms. The number of rotatable bonds is 13. The van der Waals surface area contributed by atoms with Crippen LogP contribution in [0.4, 0.5) is 10.2 Å². The number of carbonyl (C=O) groups excluding carboxylic acids is 1. The van der Waals surface area contributed by atoms with Crippen LogP contribution in [0.1, 0.15) is 57.0 Å². The second-order valence-corrected chi connectivity index (χ2v) is 20.7. The standard InChI is InChI=1S/C50H48FN5O5Si/c1-7-49(33-59-62(48(3,4)5,40-24-16-10-17-25-40)41-26-18-11-19-27-41)42(60-35(2)57)32-43(61-49)56-34-52-44-45(53-47(51)54-46(44)56)55-50(36-20-12-8-13-21-36,37-22-14-9-15-23-37)38-28-30-39(58-6)31-29-38/h1,8-31,34,42-43H,32-33H2,2-6H3,(H,53,54,55)/t42-,43+,49+/m0/s1. The Hall–Kier alpha value is -6.65. The number of carbonyl (C=O) groups is 1. The van der Waals surface area contributed by atoms with Crippen molar-refractivity contribution in [2.24, 2.45) is 0 Å². The predicted octanol–water partition coefficient (Wildman–Crippen LogP) is 8.18. The summed E-state index contributed by atoms with van der Waals surface area (Å²) in [4.78, 5) is 26.1. The topological polar surface area (TPSA) is 110 Å². The van der Waals surface area contributed by atoms with E-state index in [1.54, 1.807) is 11.7 Å². The molecule has 0 saturated carbocycles. The number of ether oxygens (including phenoxy) is 3. The highest BCUT2D eigenvalue weighted by Crippen LogP contribution is 2.45. The Morgan fingerprint density at radius 3 is 1.89 bits per heavy atom. The van der Waals surface area contributed by atoms with Gasteiger partial charge in [0.15, 0.2) is 22.6 Å². The molecule has 1 N–H and O–H groups in total. The maximum Gasteiger partial charge on any atom is 0.312 e. The van der Waals surface area contributed by atoms with Gasteiger partial charge in [0.25, 0.3) is 8.32 Å². The smallest absolute Gasteiger partial charge is 0.312 e. The summed E-state index contributed by atoms with van der Waals surface area (Å²) in [6, 6.07) is 47.8. The van der Waals surface area contributed by atoms with Crippen molar-refractivity contribution in [1.29, 1.82) is 0 Å². The highest BCUT2D eigenvalue weighted by atomic mass is 28.4. The van der Waals surface area contributed by atoms with Gasteiger partial charge in [-0.2, -0.15) is 14.4 Å². The van der Waals surface area contributed by atoms with E-state index >= 15 is 4.39 Å². The summed E-state index contributed by atoms with van der Waals surface area (Å²) < 4.78 is 43.2.